The van der Waals surface area contributed by atoms with E-state index in [0.717, 1.165) is 4.90 Å². The smallest absolute Gasteiger partial charge is 0.348 e. The number of rotatable bonds is 5. The molecular weight excluding hydrogens is 223 g/mol. The summed E-state index contributed by atoms with van der Waals surface area (Å²) in [5.41, 5.74) is 5.10. The van der Waals surface area contributed by atoms with Crippen molar-refractivity contribution in [3.63, 3.8) is 0 Å². The predicted octanol–water partition coefficient (Wildman–Crippen LogP) is 0.286. The number of nitrogens with two attached hydrogens (primary N) is 1. The van der Waals surface area contributed by atoms with E-state index in [4.69, 9.17) is 5.73 Å². The molecule has 0 saturated carbocycles. The van der Waals surface area contributed by atoms with E-state index in [1.807, 2.05) is 0 Å². The van der Waals surface area contributed by atoms with E-state index in [-0.39, 0.29) is 19.0 Å². The highest BCUT2D eigenvalue weighted by molar-refractivity contribution is 5.77. The molecule has 16 heavy (non-hydrogen) atoms. The molecule has 0 heterocycles. The molecule has 0 radical (unpaired) electrons. The van der Waals surface area contributed by atoms with Crippen LogP contribution in [0.4, 0.5) is 13.2 Å². The van der Waals surface area contributed by atoms with Crippen molar-refractivity contribution in [1.29, 1.82) is 0 Å². The second-order valence-electron chi connectivity index (χ2n) is 3.64. The molecule has 1 unspecified atom stereocenters. The lowest BCUT2D eigenvalue weighted by Gasteiger charge is -2.31. The Kier molecular flexibility index (Phi) is 5.74. The van der Waals surface area contributed by atoms with Gasteiger partial charge in [0.1, 0.15) is 6.04 Å². The van der Waals surface area contributed by atoms with E-state index >= 15 is 0 Å². The van der Waals surface area contributed by atoms with Gasteiger partial charge in [-0.15, -0.1) is 0 Å². The van der Waals surface area contributed by atoms with Crippen LogP contribution in [0, 0.1) is 0 Å². The second-order valence-corrected chi connectivity index (χ2v) is 3.64. The third kappa shape index (κ3) is 4.36. The number of halogens is 3. The van der Waals surface area contributed by atoms with Gasteiger partial charge in [0.2, 0.25) is 5.91 Å². The van der Waals surface area contributed by atoms with Crippen molar-refractivity contribution in [2.24, 2.45) is 5.73 Å². The van der Waals surface area contributed by atoms with Gasteiger partial charge in [-0.2, -0.15) is 13.2 Å². The maximum absolute atomic E-state index is 12.6. The standard InChI is InChI=1S/C9H18F3N3O/c1-4-15(6-8(16)14(2)3)7(5-13)9(10,11)12/h7H,4-6,13H2,1-3H3. The molecule has 1 atom stereocenters. The Morgan fingerprint density at radius 2 is 1.88 bits per heavy atom. The number of carbonyl (C=O) groups excluding carboxylic acids is 1. The largest absolute Gasteiger partial charge is 0.405 e. The maximum Gasteiger partial charge on any atom is 0.405 e. The summed E-state index contributed by atoms with van der Waals surface area (Å²) in [6.45, 7) is 0.876. The van der Waals surface area contributed by atoms with Gasteiger partial charge in [-0.3, -0.25) is 9.69 Å². The van der Waals surface area contributed by atoms with Gasteiger partial charge in [0.25, 0.3) is 0 Å². The van der Waals surface area contributed by atoms with Crippen LogP contribution in [-0.4, -0.2) is 61.7 Å². The molecule has 7 heteroatoms. The average molecular weight is 241 g/mol. The maximum atomic E-state index is 12.6. The highest BCUT2D eigenvalue weighted by Crippen LogP contribution is 2.23. The highest BCUT2D eigenvalue weighted by atomic mass is 19.4. The van der Waals surface area contributed by atoms with Crippen molar-refractivity contribution in [2.75, 3.05) is 33.7 Å². The van der Waals surface area contributed by atoms with E-state index in [2.05, 4.69) is 0 Å². The van der Waals surface area contributed by atoms with Crippen molar-refractivity contribution in [3.8, 4) is 0 Å². The summed E-state index contributed by atoms with van der Waals surface area (Å²) < 4.78 is 37.7. The fourth-order valence-corrected chi connectivity index (χ4v) is 1.25. The monoisotopic (exact) mass is 241 g/mol. The van der Waals surface area contributed by atoms with E-state index in [0.29, 0.717) is 0 Å². The Morgan fingerprint density at radius 1 is 1.38 bits per heavy atom. The van der Waals surface area contributed by atoms with Crippen molar-refractivity contribution < 1.29 is 18.0 Å². The van der Waals surface area contributed by atoms with E-state index < -0.39 is 18.8 Å². The molecule has 0 aromatic rings. The first kappa shape index (κ1) is 15.2. The van der Waals surface area contributed by atoms with Gasteiger partial charge >= 0.3 is 6.18 Å². The molecule has 96 valence electrons. The summed E-state index contributed by atoms with van der Waals surface area (Å²) in [7, 11) is 3.00. The Morgan fingerprint density at radius 3 is 2.12 bits per heavy atom. The Hall–Kier alpha value is -0.820. The number of carbonyl (C=O) groups is 1. The summed E-state index contributed by atoms with van der Waals surface area (Å²) in [6.07, 6.45) is -4.41. The first-order valence-corrected chi connectivity index (χ1v) is 4.95. The number of hydrogen-bond donors (Lipinski definition) is 1. The van der Waals surface area contributed by atoms with Crippen LogP contribution in [0.15, 0.2) is 0 Å². The molecule has 0 saturated heterocycles. The second kappa shape index (κ2) is 6.05. The molecule has 0 aromatic heterocycles. The molecule has 4 nitrogen and oxygen atoms in total. The van der Waals surface area contributed by atoms with Gasteiger partial charge in [0.05, 0.1) is 6.54 Å². The van der Waals surface area contributed by atoms with Crippen molar-refractivity contribution in [1.82, 2.24) is 9.80 Å². The summed E-state index contributed by atoms with van der Waals surface area (Å²) in [5.74, 6) is -0.371. The van der Waals surface area contributed by atoms with Crippen molar-refractivity contribution >= 4 is 5.91 Å². The van der Waals surface area contributed by atoms with Crippen molar-refractivity contribution in [2.45, 2.75) is 19.1 Å². The van der Waals surface area contributed by atoms with Crippen LogP contribution in [0.3, 0.4) is 0 Å². The number of amides is 1. The van der Waals surface area contributed by atoms with E-state index in [1.54, 1.807) is 6.92 Å². The predicted molar refractivity (Wildman–Crippen MR) is 54.8 cm³/mol. The minimum absolute atomic E-state index is 0.126. The third-order valence-electron chi connectivity index (χ3n) is 2.29. The zero-order chi connectivity index (χ0) is 12.9. The summed E-state index contributed by atoms with van der Waals surface area (Å²) in [5, 5.41) is 0. The van der Waals surface area contributed by atoms with Crippen molar-refractivity contribution in [3.05, 3.63) is 0 Å². The highest BCUT2D eigenvalue weighted by Gasteiger charge is 2.42. The number of alkyl halides is 3. The van der Waals surface area contributed by atoms with Crippen LogP contribution in [0.1, 0.15) is 6.92 Å². The Balaban J connectivity index is 4.64. The molecule has 0 aliphatic heterocycles. The number of hydrogen-bond acceptors (Lipinski definition) is 3. The summed E-state index contributed by atoms with van der Waals surface area (Å²) in [4.78, 5) is 13.6. The molecule has 0 aromatic carbocycles. The molecule has 0 fully saturated rings. The van der Waals surface area contributed by atoms with Gasteiger partial charge in [-0.05, 0) is 6.54 Å². The first-order chi connectivity index (χ1) is 7.23. The molecular formula is C9H18F3N3O. The lowest BCUT2D eigenvalue weighted by Crippen LogP contribution is -2.53. The van der Waals surface area contributed by atoms with Crippen LogP contribution in [0.2, 0.25) is 0 Å². The minimum atomic E-state index is -4.41. The third-order valence-corrected chi connectivity index (χ3v) is 2.29. The first-order valence-electron chi connectivity index (χ1n) is 4.95. The van der Waals surface area contributed by atoms with Gasteiger partial charge in [-0.1, -0.05) is 6.92 Å². The fourth-order valence-electron chi connectivity index (χ4n) is 1.25. The van der Waals surface area contributed by atoms with Crippen LogP contribution in [0.25, 0.3) is 0 Å². The number of nitrogens with zero attached hydrogens (tertiary/aromatic N) is 2. The lowest BCUT2D eigenvalue weighted by atomic mass is 10.2. The Labute approximate surface area is 93.2 Å². The molecule has 0 rings (SSSR count). The fraction of sp³-hybridized carbons (Fsp3) is 0.889. The molecule has 0 aliphatic rings. The van der Waals surface area contributed by atoms with Crippen LogP contribution in [-0.2, 0) is 4.79 Å². The molecule has 1 amide bonds. The number of likely N-dealkylation sites (N-methyl/N-ethyl adjacent to an activating group) is 2. The quantitative estimate of drug-likeness (QED) is 0.752. The summed E-state index contributed by atoms with van der Waals surface area (Å²) in [6, 6.07) is -1.76. The van der Waals surface area contributed by atoms with Gasteiger partial charge in [0, 0.05) is 20.6 Å². The molecule has 0 spiro atoms. The van der Waals surface area contributed by atoms with Crippen LogP contribution in [0.5, 0.6) is 0 Å². The SMILES string of the molecule is CCN(CC(=O)N(C)C)C(CN)C(F)(F)F. The molecule has 0 aliphatic carbocycles. The molecule has 0 bridgehead atoms. The topological polar surface area (TPSA) is 49.6 Å². The minimum Gasteiger partial charge on any atom is -0.348 e. The van der Waals surface area contributed by atoms with E-state index in [1.165, 1.54) is 19.0 Å². The lowest BCUT2D eigenvalue weighted by molar-refractivity contribution is -0.181. The van der Waals surface area contributed by atoms with Gasteiger partial charge < -0.3 is 10.6 Å². The Bertz CT molecular complexity index is 231. The van der Waals surface area contributed by atoms with Crippen LogP contribution >= 0.6 is 0 Å². The van der Waals surface area contributed by atoms with Crippen LogP contribution < -0.4 is 5.73 Å². The van der Waals surface area contributed by atoms with E-state index in [9.17, 15) is 18.0 Å². The normalized spacial score (nSPS) is 14.0. The van der Waals surface area contributed by atoms with Gasteiger partial charge in [-0.25, -0.2) is 0 Å². The average Bonchev–Trinajstić information content (AvgIpc) is 2.14. The van der Waals surface area contributed by atoms with Gasteiger partial charge in [0.15, 0.2) is 0 Å². The zero-order valence-electron chi connectivity index (χ0n) is 9.71. The zero-order valence-corrected chi connectivity index (χ0v) is 9.71. The summed E-state index contributed by atoms with van der Waals surface area (Å²) >= 11 is 0. The molecule has 2 N–H and O–H groups in total.